The van der Waals surface area contributed by atoms with Crippen LogP contribution in [0.25, 0.3) is 0 Å². The SMILES string of the molecule is CCOC(=O)c1c(C)ccc(O)c1N. The minimum Gasteiger partial charge on any atom is -0.506 e. The van der Waals surface area contributed by atoms with Crippen LogP contribution in [0.2, 0.25) is 0 Å². The van der Waals surface area contributed by atoms with E-state index in [0.29, 0.717) is 5.56 Å². The zero-order valence-electron chi connectivity index (χ0n) is 8.20. The number of carbonyl (C=O) groups is 1. The van der Waals surface area contributed by atoms with E-state index in [1.54, 1.807) is 19.9 Å². The van der Waals surface area contributed by atoms with Crippen molar-refractivity contribution in [3.8, 4) is 5.75 Å². The highest BCUT2D eigenvalue weighted by Gasteiger charge is 2.16. The number of aryl methyl sites for hydroxylation is 1. The quantitative estimate of drug-likeness (QED) is 0.425. The van der Waals surface area contributed by atoms with Gasteiger partial charge in [0.2, 0.25) is 0 Å². The van der Waals surface area contributed by atoms with Crippen LogP contribution in [0.3, 0.4) is 0 Å². The highest BCUT2D eigenvalue weighted by molar-refractivity contribution is 5.98. The molecule has 1 aromatic carbocycles. The first-order chi connectivity index (χ1) is 6.57. The van der Waals surface area contributed by atoms with Gasteiger partial charge in [-0.05, 0) is 25.5 Å². The summed E-state index contributed by atoms with van der Waals surface area (Å²) in [6.07, 6.45) is 0. The first kappa shape index (κ1) is 10.4. The molecule has 0 aliphatic heterocycles. The molecule has 0 radical (unpaired) electrons. The molecule has 0 aliphatic rings. The molecule has 0 atom stereocenters. The van der Waals surface area contributed by atoms with Crippen molar-refractivity contribution in [1.82, 2.24) is 0 Å². The van der Waals surface area contributed by atoms with Crippen LogP contribution in [0.1, 0.15) is 22.8 Å². The lowest BCUT2D eigenvalue weighted by atomic mass is 10.1. The van der Waals surface area contributed by atoms with Crippen molar-refractivity contribution in [3.05, 3.63) is 23.3 Å². The Kier molecular flexibility index (Phi) is 2.96. The predicted molar refractivity (Wildman–Crippen MR) is 53.2 cm³/mol. The van der Waals surface area contributed by atoms with Gasteiger partial charge in [0.15, 0.2) is 0 Å². The number of phenols is 1. The molecule has 0 bridgehead atoms. The molecular formula is C10H13NO3. The number of hydrogen-bond donors (Lipinski definition) is 2. The second kappa shape index (κ2) is 4.00. The zero-order valence-corrected chi connectivity index (χ0v) is 8.20. The Morgan fingerprint density at radius 2 is 2.21 bits per heavy atom. The third-order valence-electron chi connectivity index (χ3n) is 1.91. The zero-order chi connectivity index (χ0) is 10.7. The molecule has 4 heteroatoms. The Balaban J connectivity index is 3.18. The van der Waals surface area contributed by atoms with Crippen molar-refractivity contribution in [2.45, 2.75) is 13.8 Å². The van der Waals surface area contributed by atoms with E-state index in [9.17, 15) is 9.90 Å². The molecule has 4 nitrogen and oxygen atoms in total. The summed E-state index contributed by atoms with van der Waals surface area (Å²) in [7, 11) is 0. The molecule has 0 fully saturated rings. The van der Waals surface area contributed by atoms with Crippen LogP contribution in [0.15, 0.2) is 12.1 Å². The molecule has 3 N–H and O–H groups in total. The second-order valence-electron chi connectivity index (χ2n) is 2.91. The lowest BCUT2D eigenvalue weighted by Crippen LogP contribution is -2.10. The fourth-order valence-corrected chi connectivity index (χ4v) is 1.19. The third kappa shape index (κ3) is 1.79. The highest BCUT2D eigenvalue weighted by atomic mass is 16.5. The number of benzene rings is 1. The van der Waals surface area contributed by atoms with Gasteiger partial charge in [-0.15, -0.1) is 0 Å². The van der Waals surface area contributed by atoms with Crippen molar-refractivity contribution >= 4 is 11.7 Å². The Morgan fingerprint density at radius 1 is 1.57 bits per heavy atom. The Bertz CT molecular complexity index is 361. The van der Waals surface area contributed by atoms with Crippen LogP contribution in [0.4, 0.5) is 5.69 Å². The summed E-state index contributed by atoms with van der Waals surface area (Å²) in [5, 5.41) is 9.31. The molecule has 0 aliphatic carbocycles. The minimum absolute atomic E-state index is 0.0726. The average Bonchev–Trinajstić information content (AvgIpc) is 2.13. The molecule has 0 aromatic heterocycles. The standard InChI is InChI=1S/C10H13NO3/c1-3-14-10(13)8-6(2)4-5-7(12)9(8)11/h4-5,12H,3,11H2,1-2H3. The van der Waals surface area contributed by atoms with E-state index in [4.69, 9.17) is 10.5 Å². The Labute approximate surface area is 82.3 Å². The minimum atomic E-state index is -0.501. The number of carbonyl (C=O) groups excluding carboxylic acids is 1. The Hall–Kier alpha value is -1.71. The van der Waals surface area contributed by atoms with Gasteiger partial charge in [0.05, 0.1) is 17.9 Å². The van der Waals surface area contributed by atoms with Crippen molar-refractivity contribution in [2.24, 2.45) is 0 Å². The van der Waals surface area contributed by atoms with Crippen molar-refractivity contribution in [1.29, 1.82) is 0 Å². The summed E-state index contributed by atoms with van der Waals surface area (Å²) in [6, 6.07) is 3.07. The van der Waals surface area contributed by atoms with Crippen LogP contribution in [0.5, 0.6) is 5.75 Å². The normalized spacial score (nSPS) is 9.86. The first-order valence-corrected chi connectivity index (χ1v) is 4.33. The van der Waals surface area contributed by atoms with Gasteiger partial charge in [0.1, 0.15) is 5.75 Å². The Morgan fingerprint density at radius 3 is 2.79 bits per heavy atom. The lowest BCUT2D eigenvalue weighted by molar-refractivity contribution is 0.0526. The predicted octanol–water partition coefficient (Wildman–Crippen LogP) is 1.46. The maximum atomic E-state index is 11.4. The van der Waals surface area contributed by atoms with Gasteiger partial charge in [0, 0.05) is 0 Å². The van der Waals surface area contributed by atoms with E-state index in [0.717, 1.165) is 0 Å². The largest absolute Gasteiger partial charge is 0.506 e. The smallest absolute Gasteiger partial charge is 0.340 e. The fourth-order valence-electron chi connectivity index (χ4n) is 1.19. The summed E-state index contributed by atoms with van der Waals surface area (Å²) in [4.78, 5) is 11.4. The molecule has 0 saturated carbocycles. The molecule has 0 unspecified atom stereocenters. The van der Waals surface area contributed by atoms with Crippen molar-refractivity contribution in [2.75, 3.05) is 12.3 Å². The number of esters is 1. The van der Waals surface area contributed by atoms with Crippen LogP contribution < -0.4 is 5.73 Å². The maximum Gasteiger partial charge on any atom is 0.340 e. The van der Waals surface area contributed by atoms with Gasteiger partial charge in [-0.1, -0.05) is 6.07 Å². The molecule has 0 heterocycles. The van der Waals surface area contributed by atoms with E-state index >= 15 is 0 Å². The maximum absolute atomic E-state index is 11.4. The summed E-state index contributed by atoms with van der Waals surface area (Å²) >= 11 is 0. The van der Waals surface area contributed by atoms with Crippen LogP contribution in [-0.4, -0.2) is 17.7 Å². The van der Waals surface area contributed by atoms with Gasteiger partial charge in [-0.3, -0.25) is 0 Å². The van der Waals surface area contributed by atoms with E-state index in [1.165, 1.54) is 6.07 Å². The number of rotatable bonds is 2. The molecule has 0 saturated heterocycles. The van der Waals surface area contributed by atoms with E-state index < -0.39 is 5.97 Å². The monoisotopic (exact) mass is 195 g/mol. The topological polar surface area (TPSA) is 72.5 Å². The van der Waals surface area contributed by atoms with Crippen molar-refractivity contribution < 1.29 is 14.6 Å². The number of anilines is 1. The molecule has 0 amide bonds. The molecule has 1 rings (SSSR count). The first-order valence-electron chi connectivity index (χ1n) is 4.33. The van der Waals surface area contributed by atoms with Gasteiger partial charge in [-0.2, -0.15) is 0 Å². The second-order valence-corrected chi connectivity index (χ2v) is 2.91. The third-order valence-corrected chi connectivity index (χ3v) is 1.91. The van der Waals surface area contributed by atoms with E-state index in [1.807, 2.05) is 0 Å². The van der Waals surface area contributed by atoms with E-state index in [-0.39, 0.29) is 23.6 Å². The summed E-state index contributed by atoms with van der Waals surface area (Å²) in [5.74, 6) is -0.600. The number of phenolic OH excluding ortho intramolecular Hbond substituents is 1. The van der Waals surface area contributed by atoms with E-state index in [2.05, 4.69) is 0 Å². The molecule has 0 spiro atoms. The summed E-state index contributed by atoms with van der Waals surface area (Å²) < 4.78 is 4.81. The highest BCUT2D eigenvalue weighted by Crippen LogP contribution is 2.27. The van der Waals surface area contributed by atoms with Gasteiger partial charge in [0.25, 0.3) is 0 Å². The number of ether oxygens (including phenoxy) is 1. The number of hydrogen-bond acceptors (Lipinski definition) is 4. The summed E-state index contributed by atoms with van der Waals surface area (Å²) in [6.45, 7) is 3.74. The van der Waals surface area contributed by atoms with Gasteiger partial charge in [-0.25, -0.2) is 4.79 Å². The van der Waals surface area contributed by atoms with Gasteiger partial charge < -0.3 is 15.6 Å². The van der Waals surface area contributed by atoms with Crippen molar-refractivity contribution in [3.63, 3.8) is 0 Å². The number of nitrogens with two attached hydrogens (primary N) is 1. The lowest BCUT2D eigenvalue weighted by Gasteiger charge is -2.09. The van der Waals surface area contributed by atoms with Crippen LogP contribution in [-0.2, 0) is 4.74 Å². The number of nitrogen functional groups attached to an aromatic ring is 1. The molecule has 14 heavy (non-hydrogen) atoms. The molecular weight excluding hydrogens is 182 g/mol. The fraction of sp³-hybridized carbons (Fsp3) is 0.300. The average molecular weight is 195 g/mol. The molecule has 76 valence electrons. The molecule has 1 aromatic rings. The van der Waals surface area contributed by atoms with Crippen LogP contribution >= 0.6 is 0 Å². The van der Waals surface area contributed by atoms with Gasteiger partial charge >= 0.3 is 5.97 Å². The summed E-state index contributed by atoms with van der Waals surface area (Å²) in [5.41, 5.74) is 6.57. The number of aromatic hydroxyl groups is 1. The van der Waals surface area contributed by atoms with Crippen LogP contribution in [0, 0.1) is 6.92 Å².